The molecule has 0 aliphatic carbocycles. The van der Waals surface area contributed by atoms with Crippen LogP contribution in [0.1, 0.15) is 19.2 Å². The highest BCUT2D eigenvalue weighted by molar-refractivity contribution is 8.03. The fraction of sp³-hybridized carbons (Fsp3) is 0.353. The first-order valence-corrected chi connectivity index (χ1v) is 11.3. The number of carbonyl (C=O) groups excluding carboxylic acids is 1. The number of hydrogen-bond acceptors (Lipinski definition) is 10. The van der Waals surface area contributed by atoms with Gasteiger partial charge < -0.3 is 14.6 Å². The van der Waals surface area contributed by atoms with Gasteiger partial charge in [-0.1, -0.05) is 46.9 Å². The first kappa shape index (κ1) is 20.6. The van der Waals surface area contributed by atoms with E-state index in [-0.39, 0.29) is 5.91 Å². The molecule has 2 aromatic heterocycles. The number of hydrogen-bond donors (Lipinski definition) is 1. The van der Waals surface area contributed by atoms with Crippen LogP contribution in [0.3, 0.4) is 0 Å². The van der Waals surface area contributed by atoms with Crippen LogP contribution in [0, 0.1) is 0 Å². The summed E-state index contributed by atoms with van der Waals surface area (Å²) in [5.41, 5.74) is 0.858. The van der Waals surface area contributed by atoms with Crippen molar-refractivity contribution in [2.45, 2.75) is 27.8 Å². The summed E-state index contributed by atoms with van der Waals surface area (Å²) < 4.78 is 12.0. The van der Waals surface area contributed by atoms with E-state index in [0.29, 0.717) is 29.8 Å². The third-order valence-electron chi connectivity index (χ3n) is 3.42. The number of thioether (sulfide) groups is 2. The lowest BCUT2D eigenvalue weighted by atomic mass is 10.2. The van der Waals surface area contributed by atoms with Crippen molar-refractivity contribution in [1.29, 1.82) is 0 Å². The Bertz CT molecular complexity index is 898. The first-order valence-electron chi connectivity index (χ1n) is 8.50. The molecule has 0 unspecified atom stereocenters. The number of rotatable bonds is 10. The zero-order valence-corrected chi connectivity index (χ0v) is 17.8. The molecule has 3 aromatic rings. The Balaban J connectivity index is 1.49. The van der Waals surface area contributed by atoms with Crippen LogP contribution in [0.5, 0.6) is 5.75 Å². The summed E-state index contributed by atoms with van der Waals surface area (Å²) in [4.78, 5) is 16.0. The molecule has 28 heavy (non-hydrogen) atoms. The fourth-order valence-corrected chi connectivity index (χ4v) is 4.74. The summed E-state index contributed by atoms with van der Waals surface area (Å²) in [6.07, 6.45) is 0.922. The molecule has 0 atom stereocenters. The van der Waals surface area contributed by atoms with Gasteiger partial charge in [-0.25, -0.2) is 0 Å². The Kier molecular flexibility index (Phi) is 7.69. The predicted octanol–water partition coefficient (Wildman–Crippen LogP) is 3.51. The van der Waals surface area contributed by atoms with Crippen LogP contribution in [-0.2, 0) is 10.5 Å². The Morgan fingerprint density at radius 2 is 1.96 bits per heavy atom. The van der Waals surface area contributed by atoms with Crippen LogP contribution >= 0.6 is 34.9 Å². The number of methoxy groups -OCH3 is 1. The molecule has 0 saturated heterocycles. The molecule has 0 spiro atoms. The monoisotopic (exact) mass is 437 g/mol. The zero-order chi connectivity index (χ0) is 19.8. The topological polar surface area (TPSA) is 103 Å². The van der Waals surface area contributed by atoms with E-state index in [9.17, 15) is 4.79 Å². The second-order valence-electron chi connectivity index (χ2n) is 5.50. The summed E-state index contributed by atoms with van der Waals surface area (Å²) in [7, 11) is 1.62. The molecule has 2 heterocycles. The molecule has 0 aliphatic heterocycles. The van der Waals surface area contributed by atoms with E-state index in [2.05, 4.69) is 25.7 Å². The molecular formula is C17H19N5O3S3. The van der Waals surface area contributed by atoms with E-state index in [1.807, 2.05) is 31.2 Å². The summed E-state index contributed by atoms with van der Waals surface area (Å²) in [6, 6.07) is 7.46. The maximum atomic E-state index is 11.6. The van der Waals surface area contributed by atoms with Crippen LogP contribution in [0.4, 0.5) is 0 Å². The van der Waals surface area contributed by atoms with E-state index in [4.69, 9.17) is 9.26 Å². The smallest absolute Gasteiger partial charge is 0.237 e. The minimum atomic E-state index is 0.00757. The Morgan fingerprint density at radius 1 is 1.21 bits per heavy atom. The van der Waals surface area contributed by atoms with Gasteiger partial charge in [0, 0.05) is 12.1 Å². The van der Waals surface area contributed by atoms with Crippen molar-refractivity contribution in [3.63, 3.8) is 0 Å². The molecule has 148 valence electrons. The summed E-state index contributed by atoms with van der Waals surface area (Å²) in [6.45, 7) is 2.71. The number of benzene rings is 1. The van der Waals surface area contributed by atoms with Crippen LogP contribution in [0.25, 0.3) is 11.4 Å². The Labute approximate surface area is 174 Å². The van der Waals surface area contributed by atoms with E-state index in [1.54, 1.807) is 7.11 Å². The van der Waals surface area contributed by atoms with Crippen LogP contribution in [0.2, 0.25) is 0 Å². The third-order valence-corrected chi connectivity index (χ3v) is 6.60. The van der Waals surface area contributed by atoms with Crippen LogP contribution < -0.4 is 10.1 Å². The summed E-state index contributed by atoms with van der Waals surface area (Å²) in [5, 5.41) is 15.1. The molecule has 11 heteroatoms. The predicted molar refractivity (Wildman–Crippen MR) is 110 cm³/mol. The highest BCUT2D eigenvalue weighted by Crippen LogP contribution is 2.30. The Hall–Kier alpha value is -2.11. The van der Waals surface area contributed by atoms with Crippen molar-refractivity contribution in [1.82, 2.24) is 25.7 Å². The molecule has 0 saturated carbocycles. The lowest BCUT2D eigenvalue weighted by Crippen LogP contribution is -2.25. The fourth-order valence-electron chi connectivity index (χ4n) is 2.05. The Morgan fingerprint density at radius 3 is 2.68 bits per heavy atom. The number of ether oxygens (including phenoxy) is 1. The second kappa shape index (κ2) is 10.4. The molecule has 0 fully saturated rings. The third kappa shape index (κ3) is 5.94. The largest absolute Gasteiger partial charge is 0.497 e. The van der Waals surface area contributed by atoms with Crippen LogP contribution in [0.15, 0.2) is 37.5 Å². The van der Waals surface area contributed by atoms with E-state index in [1.165, 1.54) is 34.9 Å². The number of aromatic nitrogens is 4. The first-order chi connectivity index (χ1) is 13.7. The molecule has 0 radical (unpaired) electrons. The molecular weight excluding hydrogens is 418 g/mol. The molecule has 0 aliphatic rings. The van der Waals surface area contributed by atoms with Gasteiger partial charge in [0.15, 0.2) is 8.68 Å². The SMILES string of the molecule is CCCNC(=O)CSc1nnc(SCc2nc(-c3ccc(OC)cc3)no2)s1. The number of nitrogens with zero attached hydrogens (tertiary/aromatic N) is 4. The lowest BCUT2D eigenvalue weighted by Gasteiger charge is -2.00. The minimum absolute atomic E-state index is 0.00757. The van der Waals surface area contributed by atoms with Gasteiger partial charge >= 0.3 is 0 Å². The van der Waals surface area contributed by atoms with Gasteiger partial charge in [-0.05, 0) is 30.7 Å². The summed E-state index contributed by atoms with van der Waals surface area (Å²) >= 11 is 4.30. The normalized spacial score (nSPS) is 10.8. The highest BCUT2D eigenvalue weighted by atomic mass is 32.2. The van der Waals surface area contributed by atoms with Gasteiger partial charge in [-0.2, -0.15) is 4.98 Å². The molecule has 1 N–H and O–H groups in total. The van der Waals surface area contributed by atoms with Crippen molar-refractivity contribution >= 4 is 40.8 Å². The van der Waals surface area contributed by atoms with Crippen molar-refractivity contribution in [3.05, 3.63) is 30.2 Å². The van der Waals surface area contributed by atoms with Crippen molar-refractivity contribution in [2.24, 2.45) is 0 Å². The molecule has 8 nitrogen and oxygen atoms in total. The van der Waals surface area contributed by atoms with Gasteiger partial charge in [0.25, 0.3) is 0 Å². The van der Waals surface area contributed by atoms with Crippen molar-refractivity contribution in [2.75, 3.05) is 19.4 Å². The number of carbonyl (C=O) groups is 1. The maximum absolute atomic E-state index is 11.6. The van der Waals surface area contributed by atoms with Crippen molar-refractivity contribution < 1.29 is 14.1 Å². The average molecular weight is 438 g/mol. The van der Waals surface area contributed by atoms with Crippen LogP contribution in [-0.4, -0.2) is 45.7 Å². The van der Waals surface area contributed by atoms with Crippen molar-refractivity contribution in [3.8, 4) is 17.1 Å². The zero-order valence-electron chi connectivity index (χ0n) is 15.4. The average Bonchev–Trinajstić information content (AvgIpc) is 3.38. The van der Waals surface area contributed by atoms with E-state index in [0.717, 1.165) is 26.4 Å². The van der Waals surface area contributed by atoms with E-state index < -0.39 is 0 Å². The highest BCUT2D eigenvalue weighted by Gasteiger charge is 2.12. The van der Waals surface area contributed by atoms with Gasteiger partial charge in [0.05, 0.1) is 18.6 Å². The van der Waals surface area contributed by atoms with Gasteiger partial charge in [-0.15, -0.1) is 10.2 Å². The van der Waals surface area contributed by atoms with Gasteiger partial charge in [0.2, 0.25) is 17.6 Å². The molecule has 1 aromatic carbocycles. The minimum Gasteiger partial charge on any atom is -0.497 e. The second-order valence-corrected chi connectivity index (χ2v) is 8.92. The number of nitrogens with one attached hydrogen (secondary N) is 1. The van der Waals surface area contributed by atoms with Gasteiger partial charge in [0.1, 0.15) is 5.75 Å². The summed E-state index contributed by atoms with van der Waals surface area (Å²) in [5.74, 6) is 2.67. The van der Waals surface area contributed by atoms with E-state index >= 15 is 0 Å². The number of amides is 1. The molecule has 0 bridgehead atoms. The van der Waals surface area contributed by atoms with Gasteiger partial charge in [-0.3, -0.25) is 4.79 Å². The standard InChI is InChI=1S/C17H19N5O3S3/c1-3-8-18-13(23)9-26-16-20-21-17(28-16)27-10-14-19-15(22-25-14)11-4-6-12(24-2)7-5-11/h4-7H,3,8-10H2,1-2H3,(H,18,23). The lowest BCUT2D eigenvalue weighted by molar-refractivity contribution is -0.118. The molecule has 3 rings (SSSR count). The maximum Gasteiger partial charge on any atom is 0.237 e. The quantitative estimate of drug-likeness (QED) is 0.477. The molecule has 1 amide bonds.